The van der Waals surface area contributed by atoms with E-state index < -0.39 is 40.5 Å². The number of hydrogen-bond donors (Lipinski definition) is 0. The zero-order valence-corrected chi connectivity index (χ0v) is 11.7. The molecule has 6 nitrogen and oxygen atoms in total. The molecular weight excluding hydrogens is 322 g/mol. The molecule has 8 heteroatoms. The van der Waals surface area contributed by atoms with Gasteiger partial charge < -0.3 is 4.84 Å². The van der Waals surface area contributed by atoms with Crippen molar-refractivity contribution in [1.82, 2.24) is 5.06 Å². The van der Waals surface area contributed by atoms with Gasteiger partial charge >= 0.3 is 5.97 Å². The van der Waals surface area contributed by atoms with Gasteiger partial charge in [-0.2, -0.15) is 5.26 Å². The van der Waals surface area contributed by atoms with Gasteiger partial charge in [0.25, 0.3) is 11.8 Å². The Labute approximate surface area is 133 Å². The molecule has 2 aromatic carbocycles. The largest absolute Gasteiger partial charge is 0.364 e. The highest BCUT2D eigenvalue weighted by Crippen LogP contribution is 2.24. The van der Waals surface area contributed by atoms with E-state index in [-0.39, 0.29) is 16.2 Å². The summed E-state index contributed by atoms with van der Waals surface area (Å²) in [5.41, 5.74) is -1.34. The molecular formula is C16H6F2N2O4. The van der Waals surface area contributed by atoms with Crippen molar-refractivity contribution in [2.75, 3.05) is 0 Å². The lowest BCUT2D eigenvalue weighted by atomic mass is 10.1. The van der Waals surface area contributed by atoms with Gasteiger partial charge in [-0.05, 0) is 24.3 Å². The Morgan fingerprint density at radius 2 is 1.54 bits per heavy atom. The lowest BCUT2D eigenvalue weighted by Crippen LogP contribution is -2.32. The lowest BCUT2D eigenvalue weighted by Gasteiger charge is -2.12. The first-order valence-electron chi connectivity index (χ1n) is 6.53. The molecule has 0 spiro atoms. The molecule has 24 heavy (non-hydrogen) atoms. The Morgan fingerprint density at radius 3 is 2.00 bits per heavy atom. The maximum Gasteiger partial charge on any atom is 0.364 e. The topological polar surface area (TPSA) is 87.5 Å². The van der Waals surface area contributed by atoms with E-state index in [1.165, 1.54) is 30.3 Å². The second kappa shape index (κ2) is 5.55. The van der Waals surface area contributed by atoms with Crippen molar-refractivity contribution in [3.05, 3.63) is 70.3 Å². The summed E-state index contributed by atoms with van der Waals surface area (Å²) in [4.78, 5) is 40.7. The predicted molar refractivity (Wildman–Crippen MR) is 73.4 cm³/mol. The summed E-state index contributed by atoms with van der Waals surface area (Å²) in [6, 6.07) is 8.29. The van der Waals surface area contributed by atoms with E-state index >= 15 is 0 Å². The maximum atomic E-state index is 13.5. The molecule has 0 aromatic heterocycles. The van der Waals surface area contributed by atoms with E-state index in [0.29, 0.717) is 12.1 Å². The smallest absolute Gasteiger partial charge is 0.324 e. The van der Waals surface area contributed by atoms with E-state index in [4.69, 9.17) is 5.26 Å². The van der Waals surface area contributed by atoms with Crippen LogP contribution in [-0.2, 0) is 4.84 Å². The molecule has 0 atom stereocenters. The Balaban J connectivity index is 1.88. The SMILES string of the molecule is N#Cc1c(F)cc(C(=O)ON2C(=O)c3ccccc3C2=O)cc1F. The lowest BCUT2D eigenvalue weighted by molar-refractivity contribution is -0.0585. The molecule has 1 aliphatic rings. The average molecular weight is 328 g/mol. The minimum atomic E-state index is -1.31. The van der Waals surface area contributed by atoms with Gasteiger partial charge in [-0.3, -0.25) is 9.59 Å². The minimum Gasteiger partial charge on any atom is -0.324 e. The van der Waals surface area contributed by atoms with Crippen LogP contribution >= 0.6 is 0 Å². The zero-order chi connectivity index (χ0) is 17.4. The molecule has 0 bridgehead atoms. The summed E-state index contributed by atoms with van der Waals surface area (Å²) >= 11 is 0. The molecule has 0 saturated carbocycles. The van der Waals surface area contributed by atoms with Crippen molar-refractivity contribution in [3.63, 3.8) is 0 Å². The highest BCUT2D eigenvalue weighted by molar-refractivity contribution is 6.21. The van der Waals surface area contributed by atoms with Crippen molar-refractivity contribution in [2.24, 2.45) is 0 Å². The van der Waals surface area contributed by atoms with Crippen molar-refractivity contribution < 1.29 is 28.0 Å². The number of hydrogen-bond acceptors (Lipinski definition) is 5. The van der Waals surface area contributed by atoms with Crippen LogP contribution in [0.1, 0.15) is 36.6 Å². The number of carbonyl (C=O) groups excluding carboxylic acids is 3. The highest BCUT2D eigenvalue weighted by atomic mass is 19.1. The van der Waals surface area contributed by atoms with Gasteiger partial charge in [0.15, 0.2) is 0 Å². The molecule has 0 unspecified atom stereocenters. The number of amides is 2. The van der Waals surface area contributed by atoms with Crippen LogP contribution in [0.3, 0.4) is 0 Å². The van der Waals surface area contributed by atoms with Crippen LogP contribution in [0.2, 0.25) is 0 Å². The Bertz CT molecular complexity index is 891. The van der Waals surface area contributed by atoms with Crippen molar-refractivity contribution in [1.29, 1.82) is 5.26 Å². The highest BCUT2D eigenvalue weighted by Gasteiger charge is 2.38. The fourth-order valence-corrected chi connectivity index (χ4v) is 2.18. The molecule has 0 radical (unpaired) electrons. The number of nitriles is 1. The normalized spacial score (nSPS) is 12.8. The van der Waals surface area contributed by atoms with Crippen LogP contribution in [-0.4, -0.2) is 22.8 Å². The maximum absolute atomic E-state index is 13.5. The average Bonchev–Trinajstić information content (AvgIpc) is 2.80. The summed E-state index contributed by atoms with van der Waals surface area (Å²) in [5.74, 6) is -5.55. The van der Waals surface area contributed by atoms with Crippen LogP contribution in [0.4, 0.5) is 8.78 Å². The first kappa shape index (κ1) is 15.3. The summed E-state index contributed by atoms with van der Waals surface area (Å²) in [7, 11) is 0. The molecule has 3 rings (SSSR count). The second-order valence-electron chi connectivity index (χ2n) is 4.76. The van der Waals surface area contributed by atoms with Gasteiger partial charge in [0.1, 0.15) is 23.3 Å². The van der Waals surface area contributed by atoms with Gasteiger partial charge in [-0.15, -0.1) is 0 Å². The van der Waals surface area contributed by atoms with Crippen molar-refractivity contribution in [3.8, 4) is 6.07 Å². The molecule has 0 aliphatic carbocycles. The van der Waals surface area contributed by atoms with Crippen LogP contribution < -0.4 is 0 Å². The second-order valence-corrected chi connectivity index (χ2v) is 4.76. The molecule has 0 saturated heterocycles. The van der Waals surface area contributed by atoms with E-state index in [1.807, 2.05) is 0 Å². The number of fused-ring (bicyclic) bond motifs is 1. The van der Waals surface area contributed by atoms with Crippen molar-refractivity contribution >= 4 is 17.8 Å². The number of benzene rings is 2. The third-order valence-electron chi connectivity index (χ3n) is 3.32. The molecule has 1 heterocycles. The van der Waals surface area contributed by atoms with Crippen LogP contribution in [0.25, 0.3) is 0 Å². The van der Waals surface area contributed by atoms with Crippen LogP contribution in [0.15, 0.2) is 36.4 Å². The van der Waals surface area contributed by atoms with Crippen LogP contribution in [0, 0.1) is 23.0 Å². The van der Waals surface area contributed by atoms with E-state index in [2.05, 4.69) is 4.84 Å². The van der Waals surface area contributed by atoms with Gasteiger partial charge in [0.05, 0.1) is 16.7 Å². The Morgan fingerprint density at radius 1 is 1.04 bits per heavy atom. The number of nitrogens with zero attached hydrogens (tertiary/aromatic N) is 2. The van der Waals surface area contributed by atoms with Gasteiger partial charge in [-0.1, -0.05) is 17.2 Å². The molecule has 2 aromatic rings. The van der Waals surface area contributed by atoms with E-state index in [1.54, 1.807) is 0 Å². The number of carbonyl (C=O) groups is 3. The molecule has 2 amide bonds. The minimum absolute atomic E-state index is 0.0486. The Kier molecular flexibility index (Phi) is 3.54. The summed E-state index contributed by atoms with van der Waals surface area (Å²) < 4.78 is 27.1. The number of halogens is 2. The first-order chi connectivity index (χ1) is 11.4. The van der Waals surface area contributed by atoms with Crippen molar-refractivity contribution in [2.45, 2.75) is 0 Å². The summed E-state index contributed by atoms with van der Waals surface area (Å²) in [5, 5.41) is 8.81. The quantitative estimate of drug-likeness (QED) is 0.789. The zero-order valence-electron chi connectivity index (χ0n) is 11.7. The third kappa shape index (κ3) is 2.28. The van der Waals surface area contributed by atoms with Gasteiger partial charge in [-0.25, -0.2) is 13.6 Å². The van der Waals surface area contributed by atoms with E-state index in [9.17, 15) is 23.2 Å². The number of hydroxylamine groups is 2. The van der Waals surface area contributed by atoms with Crippen LogP contribution in [0.5, 0.6) is 0 Å². The fourth-order valence-electron chi connectivity index (χ4n) is 2.18. The first-order valence-corrected chi connectivity index (χ1v) is 6.53. The van der Waals surface area contributed by atoms with E-state index in [0.717, 1.165) is 0 Å². The van der Waals surface area contributed by atoms with Gasteiger partial charge in [0, 0.05) is 0 Å². The predicted octanol–water partition coefficient (Wildman–Crippen LogP) is 2.20. The molecule has 118 valence electrons. The third-order valence-corrected chi connectivity index (χ3v) is 3.32. The monoisotopic (exact) mass is 328 g/mol. The Hall–Kier alpha value is -3.60. The molecule has 1 aliphatic heterocycles. The number of rotatable bonds is 2. The summed E-state index contributed by atoms with van der Waals surface area (Å²) in [6.07, 6.45) is 0. The standard InChI is InChI=1S/C16H6F2N2O4/c17-12-5-8(6-13(18)11(12)7-19)16(23)24-20-14(21)9-3-1-2-4-10(9)15(20)22/h1-6H. The number of imide groups is 1. The fraction of sp³-hybridized carbons (Fsp3) is 0. The summed E-state index contributed by atoms with van der Waals surface area (Å²) in [6.45, 7) is 0. The molecule has 0 N–H and O–H groups in total. The molecule has 0 fully saturated rings. The van der Waals surface area contributed by atoms with Gasteiger partial charge in [0.2, 0.25) is 0 Å².